The Kier molecular flexibility index (Phi) is 4.66. The summed E-state index contributed by atoms with van der Waals surface area (Å²) >= 11 is 0. The molecular weight excluding hydrogens is 296 g/mol. The summed E-state index contributed by atoms with van der Waals surface area (Å²) in [5, 5.41) is 12.2. The first-order chi connectivity index (χ1) is 11.1. The van der Waals surface area contributed by atoms with Crippen molar-refractivity contribution in [2.24, 2.45) is 5.41 Å². The number of piperidine rings is 1. The van der Waals surface area contributed by atoms with Gasteiger partial charge in [0.15, 0.2) is 0 Å². The van der Waals surface area contributed by atoms with E-state index in [9.17, 15) is 9.59 Å². The van der Waals surface area contributed by atoms with Gasteiger partial charge in [0, 0.05) is 45.0 Å². The van der Waals surface area contributed by atoms with E-state index < -0.39 is 12.0 Å². The predicted molar refractivity (Wildman–Crippen MR) is 83.8 cm³/mol. The number of nitrogens with one attached hydrogen (secondary N) is 1. The lowest BCUT2D eigenvalue weighted by Gasteiger charge is -2.39. The third kappa shape index (κ3) is 3.72. The maximum absolute atomic E-state index is 12.3. The fourth-order valence-corrected chi connectivity index (χ4v) is 3.69. The van der Waals surface area contributed by atoms with Crippen molar-refractivity contribution in [1.82, 2.24) is 19.8 Å². The molecule has 0 saturated carbocycles. The van der Waals surface area contributed by atoms with Crippen molar-refractivity contribution in [3.05, 3.63) is 18.7 Å². The van der Waals surface area contributed by atoms with Crippen LogP contribution in [0.1, 0.15) is 32.1 Å². The average Bonchev–Trinajstić information content (AvgIpc) is 3.18. The number of carboxylic acids is 1. The zero-order valence-corrected chi connectivity index (χ0v) is 13.3. The molecule has 1 atom stereocenters. The second kappa shape index (κ2) is 6.70. The van der Waals surface area contributed by atoms with Gasteiger partial charge in [0.2, 0.25) is 5.91 Å². The Balaban J connectivity index is 1.42. The normalized spacial score (nSPS) is 23.3. The molecule has 2 saturated heterocycles. The van der Waals surface area contributed by atoms with Gasteiger partial charge >= 0.3 is 5.97 Å². The Hall–Kier alpha value is -1.89. The molecule has 3 rings (SSSR count). The smallest absolute Gasteiger partial charge is 0.320 e. The van der Waals surface area contributed by atoms with Crippen molar-refractivity contribution >= 4 is 11.9 Å². The van der Waals surface area contributed by atoms with E-state index in [0.29, 0.717) is 12.8 Å². The third-order valence-electron chi connectivity index (χ3n) is 5.20. The number of carbonyl (C=O) groups is 2. The fraction of sp³-hybridized carbons (Fsp3) is 0.688. The maximum atomic E-state index is 12.3. The molecule has 2 fully saturated rings. The van der Waals surface area contributed by atoms with Gasteiger partial charge in [0.1, 0.15) is 6.04 Å². The van der Waals surface area contributed by atoms with Crippen molar-refractivity contribution in [2.75, 3.05) is 19.6 Å². The average molecular weight is 320 g/mol. The van der Waals surface area contributed by atoms with E-state index in [1.807, 2.05) is 15.7 Å². The lowest BCUT2D eigenvalue weighted by atomic mass is 9.76. The Morgan fingerprint density at radius 2 is 2.13 bits per heavy atom. The Bertz CT molecular complexity index is 550. The molecule has 1 aromatic rings. The van der Waals surface area contributed by atoms with E-state index in [4.69, 9.17) is 5.11 Å². The summed E-state index contributed by atoms with van der Waals surface area (Å²) in [6.07, 6.45) is 9.27. The first-order valence-corrected chi connectivity index (χ1v) is 8.28. The summed E-state index contributed by atoms with van der Waals surface area (Å²) in [6.45, 7) is 3.07. The first kappa shape index (κ1) is 16.0. The van der Waals surface area contributed by atoms with E-state index in [-0.39, 0.29) is 11.3 Å². The minimum atomic E-state index is -0.764. The summed E-state index contributed by atoms with van der Waals surface area (Å²) < 4.78 is 1.98. The van der Waals surface area contributed by atoms with Gasteiger partial charge in [-0.1, -0.05) is 0 Å². The number of amides is 1. The van der Waals surface area contributed by atoms with Gasteiger partial charge in [0.25, 0.3) is 0 Å². The zero-order chi connectivity index (χ0) is 16.3. The minimum Gasteiger partial charge on any atom is -0.480 e. The number of hydrogen-bond donors (Lipinski definition) is 2. The standard InChI is InChI=1S/C16H24N4O3/c21-14(2-1-6-19-9-5-17-12-19)20-7-3-16(4-8-20)10-13(15(22)23)18-11-16/h5,9,12-13,18H,1-4,6-8,10-11H2,(H,22,23)/t13-/m0/s1. The SMILES string of the molecule is O=C(O)[C@@H]1CC2(CCN(C(=O)CCCn3ccnc3)CC2)CN1. The zero-order valence-electron chi connectivity index (χ0n) is 13.3. The molecule has 1 amide bonds. The predicted octanol–water partition coefficient (Wildman–Crippen LogP) is 0.719. The molecular formula is C16H24N4O3. The molecule has 1 aromatic heterocycles. The highest BCUT2D eigenvalue weighted by Crippen LogP contribution is 2.39. The van der Waals surface area contributed by atoms with E-state index in [0.717, 1.165) is 45.4 Å². The molecule has 2 N–H and O–H groups in total. The topological polar surface area (TPSA) is 87.5 Å². The second-order valence-electron chi connectivity index (χ2n) is 6.76. The fourth-order valence-electron chi connectivity index (χ4n) is 3.69. The van der Waals surface area contributed by atoms with Gasteiger partial charge in [-0.2, -0.15) is 0 Å². The first-order valence-electron chi connectivity index (χ1n) is 8.28. The number of hydrogen-bond acceptors (Lipinski definition) is 4. The second-order valence-corrected chi connectivity index (χ2v) is 6.76. The van der Waals surface area contributed by atoms with Crippen molar-refractivity contribution in [3.63, 3.8) is 0 Å². The van der Waals surface area contributed by atoms with Crippen LogP contribution in [0, 0.1) is 5.41 Å². The molecule has 2 aliphatic rings. The molecule has 0 aromatic carbocycles. The van der Waals surface area contributed by atoms with Gasteiger partial charge in [0.05, 0.1) is 6.33 Å². The van der Waals surface area contributed by atoms with Gasteiger partial charge < -0.3 is 19.9 Å². The molecule has 2 aliphatic heterocycles. The van der Waals surface area contributed by atoms with Crippen LogP contribution in [0.15, 0.2) is 18.7 Å². The molecule has 0 unspecified atom stereocenters. The molecule has 1 spiro atoms. The third-order valence-corrected chi connectivity index (χ3v) is 5.20. The van der Waals surface area contributed by atoms with Crippen LogP contribution in [0.25, 0.3) is 0 Å². The number of nitrogens with zero attached hydrogens (tertiary/aromatic N) is 3. The number of carbonyl (C=O) groups excluding carboxylic acids is 1. The highest BCUT2D eigenvalue weighted by Gasteiger charge is 2.43. The minimum absolute atomic E-state index is 0.0661. The highest BCUT2D eigenvalue weighted by molar-refractivity contribution is 5.76. The number of aromatic nitrogens is 2. The van der Waals surface area contributed by atoms with Crippen LogP contribution in [-0.4, -0.2) is 57.1 Å². The van der Waals surface area contributed by atoms with Gasteiger partial charge in [-0.3, -0.25) is 9.59 Å². The number of rotatable bonds is 5. The Labute approximate surface area is 135 Å². The van der Waals surface area contributed by atoms with Crippen LogP contribution in [0.5, 0.6) is 0 Å². The van der Waals surface area contributed by atoms with E-state index >= 15 is 0 Å². The molecule has 0 radical (unpaired) electrons. The number of carboxylic acid groups (broad SMARTS) is 1. The lowest BCUT2D eigenvalue weighted by molar-refractivity contribution is -0.139. The lowest BCUT2D eigenvalue weighted by Crippen LogP contribution is -2.44. The van der Waals surface area contributed by atoms with E-state index in [1.54, 1.807) is 12.5 Å². The maximum Gasteiger partial charge on any atom is 0.320 e. The quantitative estimate of drug-likeness (QED) is 0.835. The van der Waals surface area contributed by atoms with Crippen LogP contribution in [0.3, 0.4) is 0 Å². The molecule has 3 heterocycles. The van der Waals surface area contributed by atoms with E-state index in [2.05, 4.69) is 10.3 Å². The number of imidazole rings is 1. The van der Waals surface area contributed by atoms with E-state index in [1.165, 1.54) is 0 Å². The summed E-state index contributed by atoms with van der Waals surface area (Å²) in [6, 6.07) is -0.424. The summed E-state index contributed by atoms with van der Waals surface area (Å²) in [4.78, 5) is 29.3. The number of aliphatic carboxylic acids is 1. The number of aryl methyl sites for hydroxylation is 1. The van der Waals surface area contributed by atoms with Crippen LogP contribution in [-0.2, 0) is 16.1 Å². The molecule has 7 nitrogen and oxygen atoms in total. The molecule has 23 heavy (non-hydrogen) atoms. The molecule has 0 aliphatic carbocycles. The van der Waals surface area contributed by atoms with Crippen LogP contribution < -0.4 is 5.32 Å². The van der Waals surface area contributed by atoms with Gasteiger partial charge in [-0.15, -0.1) is 0 Å². The molecule has 126 valence electrons. The van der Waals surface area contributed by atoms with Gasteiger partial charge in [-0.05, 0) is 31.1 Å². The molecule has 7 heteroatoms. The van der Waals surface area contributed by atoms with Crippen LogP contribution in [0.2, 0.25) is 0 Å². The Morgan fingerprint density at radius 3 is 2.74 bits per heavy atom. The largest absolute Gasteiger partial charge is 0.480 e. The monoisotopic (exact) mass is 320 g/mol. The summed E-state index contributed by atoms with van der Waals surface area (Å²) in [5.74, 6) is -0.555. The number of likely N-dealkylation sites (tertiary alicyclic amines) is 1. The Morgan fingerprint density at radius 1 is 1.35 bits per heavy atom. The molecule has 0 bridgehead atoms. The summed E-state index contributed by atoms with van der Waals surface area (Å²) in [7, 11) is 0. The van der Waals surface area contributed by atoms with Crippen molar-refractivity contribution in [1.29, 1.82) is 0 Å². The van der Waals surface area contributed by atoms with Crippen LogP contribution >= 0.6 is 0 Å². The van der Waals surface area contributed by atoms with Crippen LogP contribution in [0.4, 0.5) is 0 Å². The van der Waals surface area contributed by atoms with Gasteiger partial charge in [-0.25, -0.2) is 4.98 Å². The summed E-state index contributed by atoms with van der Waals surface area (Å²) in [5.41, 5.74) is 0.0661. The van der Waals surface area contributed by atoms with Crippen molar-refractivity contribution in [3.8, 4) is 0 Å². The highest BCUT2D eigenvalue weighted by atomic mass is 16.4. The van der Waals surface area contributed by atoms with Crippen molar-refractivity contribution < 1.29 is 14.7 Å². The van der Waals surface area contributed by atoms with Crippen molar-refractivity contribution in [2.45, 2.75) is 44.7 Å².